The Kier molecular flexibility index (Phi) is 4.21. The van der Waals surface area contributed by atoms with Crippen LogP contribution in [-0.4, -0.2) is 34.1 Å². The van der Waals surface area contributed by atoms with Crippen molar-refractivity contribution in [3.63, 3.8) is 0 Å². The van der Waals surface area contributed by atoms with Gasteiger partial charge in [-0.1, -0.05) is 12.1 Å². The molecule has 0 aromatic heterocycles. The average Bonchev–Trinajstić information content (AvgIpc) is 2.43. The van der Waals surface area contributed by atoms with E-state index in [0.29, 0.717) is 13.0 Å². The maximum atomic E-state index is 12.5. The lowest BCUT2D eigenvalue weighted by molar-refractivity contribution is -0.150. The number of nitrogens with one attached hydrogen (secondary N) is 1. The first-order valence-corrected chi connectivity index (χ1v) is 7.24. The molecule has 114 valence electrons. The van der Waals surface area contributed by atoms with Crippen molar-refractivity contribution in [3.8, 4) is 0 Å². The summed E-state index contributed by atoms with van der Waals surface area (Å²) in [6.07, 6.45) is 2.15. The number of carbonyl (C=O) groups is 2. The molecule has 0 saturated carbocycles. The lowest BCUT2D eigenvalue weighted by Gasteiger charge is -2.41. The van der Waals surface area contributed by atoms with E-state index < -0.39 is 11.5 Å². The number of carboxylic acids is 1. The van der Waals surface area contributed by atoms with Gasteiger partial charge in [-0.05, 0) is 57.2 Å². The van der Waals surface area contributed by atoms with E-state index in [4.69, 9.17) is 0 Å². The summed E-state index contributed by atoms with van der Waals surface area (Å²) in [5.41, 5.74) is 1.62. The summed E-state index contributed by atoms with van der Waals surface area (Å²) in [5, 5.41) is 12.3. The van der Waals surface area contributed by atoms with Crippen molar-refractivity contribution < 1.29 is 14.7 Å². The molecule has 1 saturated heterocycles. The molecule has 1 fully saturated rings. The number of rotatable bonds is 2. The van der Waals surface area contributed by atoms with Crippen LogP contribution in [0.2, 0.25) is 0 Å². The van der Waals surface area contributed by atoms with Gasteiger partial charge in [-0.15, -0.1) is 0 Å². The summed E-state index contributed by atoms with van der Waals surface area (Å²) in [4.78, 5) is 25.5. The van der Waals surface area contributed by atoms with Crippen molar-refractivity contribution in [2.24, 2.45) is 0 Å². The third-order valence-electron chi connectivity index (χ3n) is 4.23. The molecule has 1 aliphatic rings. The Morgan fingerprint density at radius 1 is 1.29 bits per heavy atom. The second-order valence-electron chi connectivity index (χ2n) is 5.94. The third-order valence-corrected chi connectivity index (χ3v) is 4.23. The van der Waals surface area contributed by atoms with Gasteiger partial charge in [-0.3, -0.25) is 0 Å². The first-order chi connectivity index (χ1) is 9.84. The standard InChI is InChI=1S/C16H22N2O3/c1-11-6-7-12(2)13(10-11)17-15(21)18-9-5-4-8-16(18,3)14(19)20/h6-7,10H,4-5,8-9H2,1-3H3,(H,17,21)(H,19,20). The number of aliphatic carboxylic acids is 1. The summed E-state index contributed by atoms with van der Waals surface area (Å²) in [6.45, 7) is 5.97. The fraction of sp³-hybridized carbons (Fsp3) is 0.500. The van der Waals surface area contributed by atoms with E-state index in [9.17, 15) is 14.7 Å². The van der Waals surface area contributed by atoms with E-state index >= 15 is 0 Å². The highest BCUT2D eigenvalue weighted by atomic mass is 16.4. The molecule has 1 aromatic rings. The van der Waals surface area contributed by atoms with Gasteiger partial charge in [0.25, 0.3) is 0 Å². The Morgan fingerprint density at radius 2 is 2.00 bits per heavy atom. The molecule has 1 aromatic carbocycles. The molecule has 0 spiro atoms. The number of hydrogen-bond acceptors (Lipinski definition) is 2. The maximum Gasteiger partial charge on any atom is 0.329 e. The van der Waals surface area contributed by atoms with Gasteiger partial charge in [0.1, 0.15) is 5.54 Å². The van der Waals surface area contributed by atoms with Crippen molar-refractivity contribution in [2.45, 2.75) is 45.6 Å². The number of piperidine rings is 1. The van der Waals surface area contributed by atoms with Crippen LogP contribution in [0.25, 0.3) is 0 Å². The normalized spacial score (nSPS) is 22.0. The first-order valence-electron chi connectivity index (χ1n) is 7.24. The summed E-state index contributed by atoms with van der Waals surface area (Å²) in [5.74, 6) is -0.946. The lowest BCUT2D eigenvalue weighted by atomic mass is 9.89. The maximum absolute atomic E-state index is 12.5. The summed E-state index contributed by atoms with van der Waals surface area (Å²) in [7, 11) is 0. The highest BCUT2D eigenvalue weighted by molar-refractivity contribution is 5.94. The molecule has 2 rings (SSSR count). The van der Waals surface area contributed by atoms with Crippen LogP contribution in [0.5, 0.6) is 0 Å². The van der Waals surface area contributed by atoms with Gasteiger partial charge in [0.15, 0.2) is 0 Å². The molecule has 5 heteroatoms. The van der Waals surface area contributed by atoms with Crippen LogP contribution < -0.4 is 5.32 Å². The second-order valence-corrected chi connectivity index (χ2v) is 5.94. The monoisotopic (exact) mass is 290 g/mol. The molecule has 2 amide bonds. The molecule has 1 heterocycles. The van der Waals surface area contributed by atoms with Gasteiger partial charge >= 0.3 is 12.0 Å². The van der Waals surface area contributed by atoms with Crippen molar-refractivity contribution >= 4 is 17.7 Å². The number of amides is 2. The van der Waals surface area contributed by atoms with Gasteiger partial charge in [-0.25, -0.2) is 9.59 Å². The van der Waals surface area contributed by atoms with E-state index in [1.807, 2.05) is 32.0 Å². The molecule has 21 heavy (non-hydrogen) atoms. The topological polar surface area (TPSA) is 69.6 Å². The molecule has 1 atom stereocenters. The summed E-state index contributed by atoms with van der Waals surface area (Å²) < 4.78 is 0. The summed E-state index contributed by atoms with van der Waals surface area (Å²) in [6, 6.07) is 5.48. The van der Waals surface area contributed by atoms with Gasteiger partial charge in [0, 0.05) is 12.2 Å². The van der Waals surface area contributed by atoms with E-state index in [1.54, 1.807) is 6.92 Å². The molecular weight excluding hydrogens is 268 g/mol. The Hall–Kier alpha value is -2.04. The smallest absolute Gasteiger partial charge is 0.329 e. The van der Waals surface area contributed by atoms with Crippen LogP contribution in [-0.2, 0) is 4.79 Å². The zero-order valence-electron chi connectivity index (χ0n) is 12.8. The third kappa shape index (κ3) is 3.01. The van der Waals surface area contributed by atoms with Gasteiger partial charge < -0.3 is 15.3 Å². The van der Waals surface area contributed by atoms with Crippen molar-refractivity contribution in [1.82, 2.24) is 4.90 Å². The van der Waals surface area contributed by atoms with E-state index in [1.165, 1.54) is 4.90 Å². The molecule has 1 unspecified atom stereocenters. The van der Waals surface area contributed by atoms with Crippen LogP contribution in [0, 0.1) is 13.8 Å². The molecule has 1 aliphatic heterocycles. The van der Waals surface area contributed by atoms with Crippen LogP contribution in [0.15, 0.2) is 18.2 Å². The number of urea groups is 1. The zero-order chi connectivity index (χ0) is 15.6. The number of anilines is 1. The van der Waals surface area contributed by atoms with Crippen molar-refractivity contribution in [3.05, 3.63) is 29.3 Å². The predicted octanol–water partition coefficient (Wildman–Crippen LogP) is 3.16. The highest BCUT2D eigenvalue weighted by Crippen LogP contribution is 2.29. The minimum atomic E-state index is -1.12. The minimum absolute atomic E-state index is 0.340. The van der Waals surface area contributed by atoms with Crippen LogP contribution in [0.3, 0.4) is 0 Å². The first kappa shape index (κ1) is 15.4. The Morgan fingerprint density at radius 3 is 2.67 bits per heavy atom. The number of nitrogens with zero attached hydrogens (tertiary/aromatic N) is 1. The van der Waals surface area contributed by atoms with Gasteiger partial charge in [0.2, 0.25) is 0 Å². The van der Waals surface area contributed by atoms with Crippen molar-refractivity contribution in [2.75, 3.05) is 11.9 Å². The summed E-state index contributed by atoms with van der Waals surface area (Å²) >= 11 is 0. The Labute approximate surface area is 125 Å². The lowest BCUT2D eigenvalue weighted by Crippen LogP contribution is -2.58. The van der Waals surface area contributed by atoms with E-state index in [2.05, 4.69) is 5.32 Å². The molecular formula is C16H22N2O3. The van der Waals surface area contributed by atoms with Crippen LogP contribution in [0.1, 0.15) is 37.3 Å². The molecule has 0 bridgehead atoms. The number of benzene rings is 1. The SMILES string of the molecule is Cc1ccc(C)c(NC(=O)N2CCCCC2(C)C(=O)O)c1. The quantitative estimate of drug-likeness (QED) is 0.879. The Bertz CT molecular complexity index is 571. The second kappa shape index (κ2) is 5.76. The predicted molar refractivity (Wildman–Crippen MR) is 81.5 cm³/mol. The number of hydrogen-bond donors (Lipinski definition) is 2. The van der Waals surface area contributed by atoms with Crippen molar-refractivity contribution in [1.29, 1.82) is 0 Å². The molecule has 0 radical (unpaired) electrons. The fourth-order valence-corrected chi connectivity index (χ4v) is 2.72. The Balaban J connectivity index is 2.22. The van der Waals surface area contributed by atoms with Crippen LogP contribution in [0.4, 0.5) is 10.5 Å². The average molecular weight is 290 g/mol. The van der Waals surface area contributed by atoms with E-state index in [-0.39, 0.29) is 6.03 Å². The van der Waals surface area contributed by atoms with Gasteiger partial charge in [0.05, 0.1) is 0 Å². The van der Waals surface area contributed by atoms with Crippen LogP contribution >= 0.6 is 0 Å². The fourth-order valence-electron chi connectivity index (χ4n) is 2.72. The number of carboxylic acid groups (broad SMARTS) is 1. The molecule has 2 N–H and O–H groups in total. The minimum Gasteiger partial charge on any atom is -0.480 e. The molecule has 0 aliphatic carbocycles. The highest BCUT2D eigenvalue weighted by Gasteiger charge is 2.44. The van der Waals surface area contributed by atoms with Gasteiger partial charge in [-0.2, -0.15) is 0 Å². The number of aryl methyl sites for hydroxylation is 2. The molecule has 5 nitrogen and oxygen atoms in total. The zero-order valence-corrected chi connectivity index (χ0v) is 12.8. The largest absolute Gasteiger partial charge is 0.480 e. The number of likely N-dealkylation sites (tertiary alicyclic amines) is 1. The van der Waals surface area contributed by atoms with E-state index in [0.717, 1.165) is 29.7 Å². The number of carbonyl (C=O) groups excluding carboxylic acids is 1.